The molecule has 0 unspecified atom stereocenters. The van der Waals surface area contributed by atoms with Crippen LogP contribution in [0.15, 0.2) is 102 Å². The van der Waals surface area contributed by atoms with Crippen LogP contribution in [0.25, 0.3) is 11.3 Å². The van der Waals surface area contributed by atoms with Crippen molar-refractivity contribution in [1.82, 2.24) is 0 Å². The van der Waals surface area contributed by atoms with Crippen LogP contribution in [0.5, 0.6) is 0 Å². The Morgan fingerprint density at radius 3 is 2.00 bits per heavy atom. The molecule has 2 aromatic carbocycles. The Balaban J connectivity index is 2.15. The van der Waals surface area contributed by atoms with E-state index in [0.29, 0.717) is 0 Å². The Kier molecular flexibility index (Phi) is 4.72. The van der Waals surface area contributed by atoms with Crippen molar-refractivity contribution in [3.8, 4) is 0 Å². The second-order valence-electron chi connectivity index (χ2n) is 5.95. The van der Waals surface area contributed by atoms with Gasteiger partial charge in [-0.05, 0) is 36.6 Å². The number of hydrogen-bond acceptors (Lipinski definition) is 1. The largest absolute Gasteiger partial charge is 0.248 e. The van der Waals surface area contributed by atoms with E-state index in [0.717, 1.165) is 28.1 Å². The fraction of sp³-hybridized carbons (Fsp3) is 0.0870. The Morgan fingerprint density at radius 2 is 1.42 bits per heavy atom. The molecule has 0 fully saturated rings. The van der Waals surface area contributed by atoms with Crippen molar-refractivity contribution in [3.05, 3.63) is 108 Å². The molecule has 1 nitrogen and oxygen atoms in total. The molecule has 0 aromatic heterocycles. The van der Waals surface area contributed by atoms with Crippen molar-refractivity contribution in [3.63, 3.8) is 0 Å². The third-order valence-corrected chi connectivity index (χ3v) is 4.08. The molecule has 1 aliphatic rings. The normalized spacial score (nSPS) is 16.8. The highest BCUT2D eigenvalue weighted by Crippen LogP contribution is 2.28. The lowest BCUT2D eigenvalue weighted by atomic mass is 9.99. The van der Waals surface area contributed by atoms with E-state index in [-0.39, 0.29) is 0 Å². The molecule has 0 radical (unpaired) electrons. The third kappa shape index (κ3) is 3.52. The van der Waals surface area contributed by atoms with Gasteiger partial charge in [0.15, 0.2) is 0 Å². The number of allylic oxidation sites excluding steroid dienone is 6. The summed E-state index contributed by atoms with van der Waals surface area (Å²) >= 11 is 0. The highest BCUT2D eigenvalue weighted by molar-refractivity contribution is 6.14. The predicted octanol–water partition coefficient (Wildman–Crippen LogP) is 6.09. The first-order valence-electron chi connectivity index (χ1n) is 8.11. The average Bonchev–Trinajstić information content (AvgIpc) is 2.62. The molecule has 3 rings (SSSR count). The summed E-state index contributed by atoms with van der Waals surface area (Å²) in [6.45, 7) is 8.34. The van der Waals surface area contributed by atoms with Gasteiger partial charge in [0.2, 0.25) is 0 Å². The van der Waals surface area contributed by atoms with E-state index >= 15 is 0 Å². The van der Waals surface area contributed by atoms with Crippen molar-refractivity contribution < 1.29 is 0 Å². The minimum atomic E-state index is 0.912. The summed E-state index contributed by atoms with van der Waals surface area (Å²) in [5.41, 5.74) is 7.48. The molecular formula is C23H21N. The molecule has 0 amide bonds. The highest BCUT2D eigenvalue weighted by Gasteiger charge is 2.10. The van der Waals surface area contributed by atoms with E-state index in [2.05, 4.69) is 69.0 Å². The molecule has 118 valence electrons. The summed E-state index contributed by atoms with van der Waals surface area (Å²) in [6.07, 6.45) is 6.19. The van der Waals surface area contributed by atoms with Crippen LogP contribution in [-0.4, -0.2) is 5.71 Å². The summed E-state index contributed by atoms with van der Waals surface area (Å²) in [7, 11) is 0. The van der Waals surface area contributed by atoms with Gasteiger partial charge >= 0.3 is 0 Å². The topological polar surface area (TPSA) is 12.4 Å². The molecule has 2 aromatic rings. The Morgan fingerprint density at radius 1 is 0.833 bits per heavy atom. The molecule has 0 spiro atoms. The van der Waals surface area contributed by atoms with Gasteiger partial charge in [0.05, 0.1) is 11.4 Å². The van der Waals surface area contributed by atoms with Gasteiger partial charge in [-0.2, -0.15) is 0 Å². The van der Waals surface area contributed by atoms with E-state index in [9.17, 15) is 0 Å². The number of aliphatic imine (C=N–C) groups is 1. The molecular weight excluding hydrogens is 290 g/mol. The first kappa shape index (κ1) is 15.9. The smallest absolute Gasteiger partial charge is 0.0744 e. The maximum absolute atomic E-state index is 4.96. The van der Waals surface area contributed by atoms with Gasteiger partial charge in [0.1, 0.15) is 0 Å². The summed E-state index contributed by atoms with van der Waals surface area (Å²) in [4.78, 5) is 4.96. The van der Waals surface area contributed by atoms with Crippen LogP contribution in [0, 0.1) is 0 Å². The van der Waals surface area contributed by atoms with Crippen molar-refractivity contribution in [2.45, 2.75) is 13.8 Å². The van der Waals surface area contributed by atoms with Gasteiger partial charge in [-0.25, -0.2) is 4.99 Å². The van der Waals surface area contributed by atoms with Crippen molar-refractivity contribution in [2.75, 3.05) is 0 Å². The van der Waals surface area contributed by atoms with Crippen LogP contribution >= 0.6 is 0 Å². The van der Waals surface area contributed by atoms with Gasteiger partial charge < -0.3 is 0 Å². The maximum Gasteiger partial charge on any atom is 0.0744 e. The lowest BCUT2D eigenvalue weighted by Crippen LogP contribution is -2.02. The monoisotopic (exact) mass is 311 g/mol. The Labute approximate surface area is 144 Å². The molecule has 0 heterocycles. The fourth-order valence-electron chi connectivity index (χ4n) is 2.73. The summed E-state index contributed by atoms with van der Waals surface area (Å²) in [5, 5.41) is 0. The zero-order chi connectivity index (χ0) is 16.9. The molecule has 24 heavy (non-hydrogen) atoms. The van der Waals surface area contributed by atoms with Crippen LogP contribution in [0.3, 0.4) is 0 Å². The average molecular weight is 311 g/mol. The van der Waals surface area contributed by atoms with E-state index in [1.165, 1.54) is 11.1 Å². The van der Waals surface area contributed by atoms with E-state index in [1.54, 1.807) is 0 Å². The van der Waals surface area contributed by atoms with Crippen LogP contribution < -0.4 is 0 Å². The lowest BCUT2D eigenvalue weighted by Gasteiger charge is -2.13. The fourth-order valence-corrected chi connectivity index (χ4v) is 2.73. The molecule has 1 heteroatoms. The van der Waals surface area contributed by atoms with Gasteiger partial charge in [0, 0.05) is 5.56 Å². The molecule has 0 bridgehead atoms. The van der Waals surface area contributed by atoms with E-state index < -0.39 is 0 Å². The maximum atomic E-state index is 4.96. The number of nitrogens with zero attached hydrogens (tertiary/aromatic N) is 1. The second-order valence-corrected chi connectivity index (χ2v) is 5.95. The summed E-state index contributed by atoms with van der Waals surface area (Å²) in [5.74, 6) is 0. The quantitative estimate of drug-likeness (QED) is 0.608. The molecule has 0 atom stereocenters. The Bertz CT molecular complexity index is 863. The van der Waals surface area contributed by atoms with Gasteiger partial charge in [0.25, 0.3) is 0 Å². The minimum Gasteiger partial charge on any atom is -0.248 e. The van der Waals surface area contributed by atoms with Crippen molar-refractivity contribution >= 4 is 17.0 Å². The molecule has 0 saturated carbocycles. The first-order chi connectivity index (χ1) is 11.6. The van der Waals surface area contributed by atoms with Crippen LogP contribution in [0.1, 0.15) is 25.0 Å². The standard InChI is InChI=1S/C23H21N/c1-17-14-15-22(18(2)16-17)24-23(21-12-8-5-9-13-21)19(3)20-10-6-4-7-11-20/h4-16H,2H2,1,3H3/b23-19+,24-22?. The van der Waals surface area contributed by atoms with Gasteiger partial charge in [-0.1, -0.05) is 85.0 Å². The summed E-state index contributed by atoms with van der Waals surface area (Å²) in [6, 6.07) is 20.7. The lowest BCUT2D eigenvalue weighted by molar-refractivity contribution is 1.44. The molecule has 0 saturated heterocycles. The van der Waals surface area contributed by atoms with Crippen molar-refractivity contribution in [1.29, 1.82) is 0 Å². The molecule has 1 aliphatic carbocycles. The van der Waals surface area contributed by atoms with Gasteiger partial charge in [-0.15, -0.1) is 0 Å². The van der Waals surface area contributed by atoms with Crippen LogP contribution in [-0.2, 0) is 0 Å². The zero-order valence-electron chi connectivity index (χ0n) is 14.2. The highest BCUT2D eigenvalue weighted by atomic mass is 14.8. The Hall–Kier alpha value is -2.93. The van der Waals surface area contributed by atoms with Crippen LogP contribution in [0.4, 0.5) is 0 Å². The van der Waals surface area contributed by atoms with Crippen molar-refractivity contribution in [2.24, 2.45) is 4.99 Å². The molecule has 0 aliphatic heterocycles. The minimum absolute atomic E-state index is 0.912. The predicted molar refractivity (Wildman–Crippen MR) is 105 cm³/mol. The number of rotatable bonds is 3. The third-order valence-electron chi connectivity index (χ3n) is 4.08. The molecule has 0 N–H and O–H groups in total. The first-order valence-corrected chi connectivity index (χ1v) is 8.11. The second kappa shape index (κ2) is 7.10. The number of hydrogen-bond donors (Lipinski definition) is 0. The SMILES string of the molecule is C=C1C=C(C)C=CC1=N/C(=C(\C)c1ccccc1)c1ccccc1. The zero-order valence-corrected chi connectivity index (χ0v) is 14.2. The summed E-state index contributed by atoms with van der Waals surface area (Å²) < 4.78 is 0. The van der Waals surface area contributed by atoms with E-state index in [1.807, 2.05) is 30.3 Å². The number of benzene rings is 2. The van der Waals surface area contributed by atoms with E-state index in [4.69, 9.17) is 4.99 Å². The van der Waals surface area contributed by atoms with Crippen LogP contribution in [0.2, 0.25) is 0 Å². The van der Waals surface area contributed by atoms with Gasteiger partial charge in [-0.3, -0.25) is 0 Å².